The van der Waals surface area contributed by atoms with Gasteiger partial charge in [0, 0.05) is 38.4 Å². The predicted molar refractivity (Wildman–Crippen MR) is 85.0 cm³/mol. The molecule has 0 spiro atoms. The number of nitrogens with two attached hydrogens (primary N) is 1. The number of carbonyl (C=O) groups is 1. The minimum Gasteiger partial charge on any atom is -0.399 e. The number of benzene rings is 1. The Morgan fingerprint density at radius 3 is 2.33 bits per heavy atom. The molecular weight excluding hydrogens is 262 g/mol. The normalized spacial score (nSPS) is 21.0. The largest absolute Gasteiger partial charge is 0.399 e. The molecule has 4 heteroatoms. The van der Waals surface area contributed by atoms with Gasteiger partial charge in [-0.1, -0.05) is 18.2 Å². The maximum atomic E-state index is 12.9. The molecule has 1 saturated heterocycles. The van der Waals surface area contributed by atoms with Crippen LogP contribution in [0.15, 0.2) is 36.9 Å². The molecule has 3 rings (SSSR count). The van der Waals surface area contributed by atoms with Crippen molar-refractivity contribution in [3.05, 3.63) is 42.5 Å². The van der Waals surface area contributed by atoms with E-state index in [1.54, 1.807) is 0 Å². The molecule has 0 atom stereocenters. The highest BCUT2D eigenvalue weighted by molar-refractivity contribution is 5.91. The van der Waals surface area contributed by atoms with E-state index in [2.05, 4.69) is 11.5 Å². The highest BCUT2D eigenvalue weighted by atomic mass is 16.2. The number of amides is 1. The second-order valence-electron chi connectivity index (χ2n) is 6.09. The van der Waals surface area contributed by atoms with Crippen LogP contribution >= 0.6 is 0 Å². The van der Waals surface area contributed by atoms with Crippen LogP contribution < -0.4 is 5.73 Å². The summed E-state index contributed by atoms with van der Waals surface area (Å²) in [5.74, 6) is 0.297. The minimum absolute atomic E-state index is 0.270. The Hall–Kier alpha value is -1.81. The molecule has 2 N–H and O–H groups in total. The van der Waals surface area contributed by atoms with Crippen LogP contribution in [0.3, 0.4) is 0 Å². The minimum atomic E-state index is -0.270. The molecule has 1 saturated carbocycles. The van der Waals surface area contributed by atoms with Crippen molar-refractivity contribution in [1.82, 2.24) is 9.80 Å². The van der Waals surface area contributed by atoms with Crippen LogP contribution in [0.4, 0.5) is 5.69 Å². The van der Waals surface area contributed by atoms with Crippen molar-refractivity contribution in [1.29, 1.82) is 0 Å². The van der Waals surface area contributed by atoms with E-state index in [9.17, 15) is 4.79 Å². The van der Waals surface area contributed by atoms with Gasteiger partial charge >= 0.3 is 0 Å². The number of nitrogen functional groups attached to an aromatic ring is 1. The van der Waals surface area contributed by atoms with Crippen LogP contribution in [-0.2, 0) is 10.2 Å². The lowest BCUT2D eigenvalue weighted by Crippen LogP contribution is -2.51. The number of rotatable bonds is 4. The summed E-state index contributed by atoms with van der Waals surface area (Å²) in [5.41, 5.74) is 7.35. The first-order chi connectivity index (χ1) is 10.2. The molecule has 0 radical (unpaired) electrons. The summed E-state index contributed by atoms with van der Waals surface area (Å²) in [4.78, 5) is 17.3. The average molecular weight is 285 g/mol. The van der Waals surface area contributed by atoms with Crippen molar-refractivity contribution in [2.75, 3.05) is 38.5 Å². The van der Waals surface area contributed by atoms with Crippen LogP contribution in [0, 0.1) is 0 Å². The lowest BCUT2D eigenvalue weighted by atomic mass is 9.93. The van der Waals surface area contributed by atoms with Gasteiger partial charge in [0.2, 0.25) is 5.91 Å². The smallest absolute Gasteiger partial charge is 0.233 e. The lowest BCUT2D eigenvalue weighted by molar-refractivity contribution is -0.135. The number of carbonyl (C=O) groups excluding carboxylic acids is 1. The van der Waals surface area contributed by atoms with Crippen LogP contribution in [0.2, 0.25) is 0 Å². The molecule has 21 heavy (non-hydrogen) atoms. The molecule has 1 heterocycles. The third kappa shape index (κ3) is 2.68. The van der Waals surface area contributed by atoms with Gasteiger partial charge in [0.25, 0.3) is 0 Å². The van der Waals surface area contributed by atoms with Crippen LogP contribution in [0.25, 0.3) is 0 Å². The van der Waals surface area contributed by atoms with Crippen LogP contribution in [0.1, 0.15) is 18.4 Å². The van der Waals surface area contributed by atoms with Gasteiger partial charge in [0.05, 0.1) is 5.41 Å². The van der Waals surface area contributed by atoms with Gasteiger partial charge < -0.3 is 10.6 Å². The van der Waals surface area contributed by atoms with Crippen molar-refractivity contribution in [3.8, 4) is 0 Å². The van der Waals surface area contributed by atoms with E-state index in [4.69, 9.17) is 5.73 Å². The molecule has 0 unspecified atom stereocenters. The second kappa shape index (κ2) is 5.53. The lowest BCUT2D eigenvalue weighted by Gasteiger charge is -2.36. The predicted octanol–water partition coefficient (Wildman–Crippen LogP) is 1.63. The summed E-state index contributed by atoms with van der Waals surface area (Å²) < 4.78 is 0. The summed E-state index contributed by atoms with van der Waals surface area (Å²) in [6.07, 6.45) is 3.85. The van der Waals surface area contributed by atoms with Gasteiger partial charge in [-0.15, -0.1) is 6.58 Å². The Bertz CT molecular complexity index is 525. The van der Waals surface area contributed by atoms with Gasteiger partial charge in [0.1, 0.15) is 0 Å². The zero-order valence-electron chi connectivity index (χ0n) is 12.4. The zero-order chi connectivity index (χ0) is 14.9. The summed E-state index contributed by atoms with van der Waals surface area (Å²) >= 11 is 0. The molecule has 0 aromatic heterocycles. The molecule has 112 valence electrons. The summed E-state index contributed by atoms with van der Waals surface area (Å²) in [5, 5.41) is 0. The molecule has 1 aromatic carbocycles. The Labute approximate surface area is 126 Å². The second-order valence-corrected chi connectivity index (χ2v) is 6.09. The molecule has 4 nitrogen and oxygen atoms in total. The Balaban J connectivity index is 1.68. The molecule has 1 aromatic rings. The quantitative estimate of drug-likeness (QED) is 0.676. The number of anilines is 1. The van der Waals surface area contributed by atoms with Crippen molar-refractivity contribution in [3.63, 3.8) is 0 Å². The highest BCUT2D eigenvalue weighted by Gasteiger charge is 2.53. The van der Waals surface area contributed by atoms with E-state index in [0.717, 1.165) is 56.8 Å². The van der Waals surface area contributed by atoms with Crippen LogP contribution in [-0.4, -0.2) is 48.4 Å². The highest BCUT2D eigenvalue weighted by Crippen LogP contribution is 2.49. The van der Waals surface area contributed by atoms with Crippen molar-refractivity contribution < 1.29 is 4.79 Å². The molecule has 0 bridgehead atoms. The van der Waals surface area contributed by atoms with Gasteiger partial charge in [-0.3, -0.25) is 9.69 Å². The fourth-order valence-electron chi connectivity index (χ4n) is 3.17. The summed E-state index contributed by atoms with van der Waals surface area (Å²) in [7, 11) is 0. The first-order valence-corrected chi connectivity index (χ1v) is 7.64. The van der Waals surface area contributed by atoms with E-state index in [-0.39, 0.29) is 5.41 Å². The standard InChI is InChI=1S/C17H23N3O/c1-2-9-19-10-12-20(13-11-19)16(21)17(7-8-17)14-3-5-15(18)6-4-14/h2-6H,1,7-13,18H2. The summed E-state index contributed by atoms with van der Waals surface area (Å²) in [6, 6.07) is 7.80. The number of hydrogen-bond acceptors (Lipinski definition) is 3. The fraction of sp³-hybridized carbons (Fsp3) is 0.471. The van der Waals surface area contributed by atoms with Crippen molar-refractivity contribution >= 4 is 11.6 Å². The van der Waals surface area contributed by atoms with Crippen molar-refractivity contribution in [2.45, 2.75) is 18.3 Å². The van der Waals surface area contributed by atoms with E-state index < -0.39 is 0 Å². The number of piperazine rings is 1. The van der Waals surface area contributed by atoms with E-state index >= 15 is 0 Å². The van der Waals surface area contributed by atoms with Gasteiger partial charge in [-0.2, -0.15) is 0 Å². The fourth-order valence-corrected chi connectivity index (χ4v) is 3.17. The molecular formula is C17H23N3O. The first kappa shape index (κ1) is 14.1. The Kier molecular flexibility index (Phi) is 3.72. The topological polar surface area (TPSA) is 49.6 Å². The SMILES string of the molecule is C=CCN1CCN(C(=O)C2(c3ccc(N)cc3)CC2)CC1. The summed E-state index contributed by atoms with van der Waals surface area (Å²) in [6.45, 7) is 8.21. The average Bonchev–Trinajstić information content (AvgIpc) is 3.30. The third-order valence-electron chi connectivity index (χ3n) is 4.67. The zero-order valence-corrected chi connectivity index (χ0v) is 12.4. The number of nitrogens with zero attached hydrogens (tertiary/aromatic N) is 2. The van der Waals surface area contributed by atoms with E-state index in [1.807, 2.05) is 35.2 Å². The monoisotopic (exact) mass is 285 g/mol. The van der Waals surface area contributed by atoms with Gasteiger partial charge in [-0.25, -0.2) is 0 Å². The first-order valence-electron chi connectivity index (χ1n) is 7.64. The van der Waals surface area contributed by atoms with Gasteiger partial charge in [0.15, 0.2) is 0 Å². The van der Waals surface area contributed by atoms with Gasteiger partial charge in [-0.05, 0) is 30.5 Å². The van der Waals surface area contributed by atoms with Crippen LogP contribution in [0.5, 0.6) is 0 Å². The van der Waals surface area contributed by atoms with E-state index in [1.165, 1.54) is 0 Å². The Morgan fingerprint density at radius 2 is 1.81 bits per heavy atom. The Morgan fingerprint density at radius 1 is 1.19 bits per heavy atom. The maximum absolute atomic E-state index is 12.9. The maximum Gasteiger partial charge on any atom is 0.233 e. The van der Waals surface area contributed by atoms with Crippen molar-refractivity contribution in [2.24, 2.45) is 0 Å². The molecule has 1 amide bonds. The molecule has 1 aliphatic heterocycles. The molecule has 2 aliphatic rings. The molecule has 2 fully saturated rings. The molecule has 1 aliphatic carbocycles. The number of hydrogen-bond donors (Lipinski definition) is 1. The van der Waals surface area contributed by atoms with E-state index in [0.29, 0.717) is 5.91 Å². The third-order valence-corrected chi connectivity index (χ3v) is 4.67.